The number of nitrogens with zero attached hydrogens (tertiary/aromatic N) is 5. The van der Waals surface area contributed by atoms with Crippen LogP contribution < -0.4 is 10.2 Å². The van der Waals surface area contributed by atoms with E-state index in [2.05, 4.69) is 42.9 Å². The van der Waals surface area contributed by atoms with Crippen molar-refractivity contribution >= 4 is 47.2 Å². The molecule has 1 aromatic rings. The maximum absolute atomic E-state index is 6.14. The predicted octanol–water partition coefficient (Wildman–Crippen LogP) is 3.07. The van der Waals surface area contributed by atoms with E-state index in [4.69, 9.17) is 11.6 Å². The van der Waals surface area contributed by atoms with Crippen LogP contribution in [0.5, 0.6) is 0 Å². The highest BCUT2D eigenvalue weighted by atomic mass is 127. The molecule has 6 nitrogen and oxygen atoms in total. The fourth-order valence-corrected chi connectivity index (χ4v) is 4.36. The summed E-state index contributed by atoms with van der Waals surface area (Å²) in [6.45, 7) is 14.5. The Bertz CT molecular complexity index is 642. The number of halogens is 2. The van der Waals surface area contributed by atoms with Gasteiger partial charge in [0.15, 0.2) is 5.96 Å². The van der Waals surface area contributed by atoms with E-state index in [9.17, 15) is 0 Å². The third kappa shape index (κ3) is 7.73. The summed E-state index contributed by atoms with van der Waals surface area (Å²) in [7, 11) is 1.89. The summed E-state index contributed by atoms with van der Waals surface area (Å²) in [6, 6.07) is 8.13. The Labute approximate surface area is 204 Å². The van der Waals surface area contributed by atoms with Gasteiger partial charge < -0.3 is 24.9 Å². The molecule has 170 valence electrons. The molecule has 0 unspecified atom stereocenters. The van der Waals surface area contributed by atoms with Crippen LogP contribution in [-0.2, 0) is 0 Å². The molecular weight excluding hydrogens is 511 g/mol. The van der Waals surface area contributed by atoms with Gasteiger partial charge in [-0.25, -0.2) is 0 Å². The average Bonchev–Trinajstić information content (AvgIpc) is 2.77. The first-order chi connectivity index (χ1) is 14.2. The minimum absolute atomic E-state index is 0. The molecule has 2 aliphatic rings. The zero-order valence-electron chi connectivity index (χ0n) is 18.5. The second-order valence-electron chi connectivity index (χ2n) is 7.91. The molecule has 1 aromatic carbocycles. The number of hydrogen-bond donors (Lipinski definition) is 1. The number of aliphatic imine (C=N–C) groups is 1. The molecule has 0 amide bonds. The molecule has 1 N–H and O–H groups in total. The molecule has 30 heavy (non-hydrogen) atoms. The molecule has 0 saturated carbocycles. The van der Waals surface area contributed by atoms with Crippen LogP contribution in [0.4, 0.5) is 5.69 Å². The number of likely N-dealkylation sites (N-methyl/N-ethyl adjacent to an activating group) is 1. The lowest BCUT2D eigenvalue weighted by atomic mass is 10.2. The second-order valence-corrected chi connectivity index (χ2v) is 8.35. The van der Waals surface area contributed by atoms with Gasteiger partial charge in [-0.1, -0.05) is 24.6 Å². The van der Waals surface area contributed by atoms with Gasteiger partial charge in [0.25, 0.3) is 0 Å². The van der Waals surface area contributed by atoms with Crippen molar-refractivity contribution in [1.82, 2.24) is 20.0 Å². The van der Waals surface area contributed by atoms with Crippen LogP contribution in [0.1, 0.15) is 19.8 Å². The minimum Gasteiger partial charge on any atom is -0.368 e. The molecule has 2 aliphatic heterocycles. The summed E-state index contributed by atoms with van der Waals surface area (Å²) in [4.78, 5) is 14.4. The molecule has 2 fully saturated rings. The van der Waals surface area contributed by atoms with Crippen LogP contribution in [0.15, 0.2) is 29.3 Å². The molecule has 3 rings (SSSR count). The Morgan fingerprint density at radius 3 is 2.33 bits per heavy atom. The van der Waals surface area contributed by atoms with E-state index >= 15 is 0 Å². The largest absolute Gasteiger partial charge is 0.368 e. The molecule has 2 saturated heterocycles. The van der Waals surface area contributed by atoms with E-state index in [1.807, 2.05) is 25.2 Å². The highest BCUT2D eigenvalue weighted by Gasteiger charge is 2.20. The number of unbranched alkanes of at least 4 members (excludes halogenated alkanes) is 1. The molecule has 0 atom stereocenters. The second kappa shape index (κ2) is 13.6. The normalized spacial score (nSPS) is 19.0. The maximum atomic E-state index is 6.14. The summed E-state index contributed by atoms with van der Waals surface area (Å²) >= 11 is 6.14. The van der Waals surface area contributed by atoms with E-state index < -0.39 is 0 Å². The van der Waals surface area contributed by atoms with Crippen molar-refractivity contribution in [3.63, 3.8) is 0 Å². The number of piperazine rings is 2. The quantitative estimate of drug-likeness (QED) is 0.245. The summed E-state index contributed by atoms with van der Waals surface area (Å²) < 4.78 is 0. The van der Waals surface area contributed by atoms with Crippen molar-refractivity contribution in [2.75, 3.05) is 83.9 Å². The smallest absolute Gasteiger partial charge is 0.193 e. The Morgan fingerprint density at radius 1 is 1.00 bits per heavy atom. The van der Waals surface area contributed by atoms with Gasteiger partial charge in [0.2, 0.25) is 0 Å². The van der Waals surface area contributed by atoms with Crippen LogP contribution in [0.3, 0.4) is 0 Å². The Kier molecular flexibility index (Phi) is 11.6. The molecular formula is C22H38ClIN6. The number of rotatable bonds is 7. The first-order valence-electron chi connectivity index (χ1n) is 11.1. The van der Waals surface area contributed by atoms with Gasteiger partial charge in [0.05, 0.1) is 0 Å². The number of nitrogens with one attached hydrogen (secondary N) is 1. The standard InChI is InChI=1S/C22H37ClN6.HI/c1-3-26-11-13-27(14-12-26)10-5-4-9-25-22(24-2)29-17-15-28(16-18-29)21-8-6-7-20(23)19-21;/h6-8,19H,3-5,9-18H2,1-2H3,(H,24,25);1H. The Balaban J connectivity index is 0.00000320. The average molecular weight is 549 g/mol. The number of benzene rings is 1. The lowest BCUT2D eigenvalue weighted by molar-refractivity contribution is 0.136. The van der Waals surface area contributed by atoms with Crippen molar-refractivity contribution in [3.05, 3.63) is 29.3 Å². The first kappa shape index (κ1) is 25.5. The van der Waals surface area contributed by atoms with Crippen molar-refractivity contribution < 1.29 is 0 Å². The van der Waals surface area contributed by atoms with Crippen LogP contribution in [0.25, 0.3) is 0 Å². The van der Waals surface area contributed by atoms with Gasteiger partial charge in [-0.2, -0.15) is 0 Å². The zero-order chi connectivity index (χ0) is 20.5. The SMILES string of the molecule is CCN1CCN(CCCCNC(=NC)N2CCN(c3cccc(Cl)c3)CC2)CC1.I. The van der Waals surface area contributed by atoms with Gasteiger partial charge in [-0.15, -0.1) is 24.0 Å². The topological polar surface area (TPSA) is 37.4 Å². The third-order valence-corrected chi connectivity index (χ3v) is 6.30. The summed E-state index contributed by atoms with van der Waals surface area (Å²) in [5.74, 6) is 1.03. The highest BCUT2D eigenvalue weighted by molar-refractivity contribution is 14.0. The van der Waals surface area contributed by atoms with Gasteiger partial charge >= 0.3 is 0 Å². The molecule has 0 bridgehead atoms. The van der Waals surface area contributed by atoms with E-state index in [1.165, 1.54) is 57.8 Å². The van der Waals surface area contributed by atoms with Gasteiger partial charge in [-0.05, 0) is 44.1 Å². The number of anilines is 1. The van der Waals surface area contributed by atoms with E-state index in [-0.39, 0.29) is 24.0 Å². The van der Waals surface area contributed by atoms with Crippen molar-refractivity contribution in [3.8, 4) is 0 Å². The molecule has 2 heterocycles. The monoisotopic (exact) mass is 548 g/mol. The van der Waals surface area contributed by atoms with Gasteiger partial charge in [0, 0.05) is 76.7 Å². The Hall–Kier alpha value is -0.770. The number of hydrogen-bond acceptors (Lipinski definition) is 4. The van der Waals surface area contributed by atoms with E-state index in [1.54, 1.807) is 0 Å². The van der Waals surface area contributed by atoms with E-state index in [0.717, 1.165) is 43.7 Å². The van der Waals surface area contributed by atoms with Gasteiger partial charge in [0.1, 0.15) is 0 Å². The minimum atomic E-state index is 0. The van der Waals surface area contributed by atoms with Crippen LogP contribution in [0, 0.1) is 0 Å². The zero-order valence-corrected chi connectivity index (χ0v) is 21.6. The van der Waals surface area contributed by atoms with Crippen LogP contribution in [-0.4, -0.2) is 99.7 Å². The van der Waals surface area contributed by atoms with Crippen molar-refractivity contribution in [2.45, 2.75) is 19.8 Å². The highest BCUT2D eigenvalue weighted by Crippen LogP contribution is 2.20. The molecule has 0 aliphatic carbocycles. The Morgan fingerprint density at radius 2 is 1.70 bits per heavy atom. The van der Waals surface area contributed by atoms with Gasteiger partial charge in [-0.3, -0.25) is 4.99 Å². The molecule has 0 radical (unpaired) electrons. The predicted molar refractivity (Wildman–Crippen MR) is 140 cm³/mol. The van der Waals surface area contributed by atoms with Crippen molar-refractivity contribution in [2.24, 2.45) is 4.99 Å². The lowest BCUT2D eigenvalue weighted by Gasteiger charge is -2.37. The fourth-order valence-electron chi connectivity index (χ4n) is 4.17. The molecule has 0 aromatic heterocycles. The fraction of sp³-hybridized carbons (Fsp3) is 0.682. The number of guanidine groups is 1. The summed E-state index contributed by atoms with van der Waals surface area (Å²) in [6.07, 6.45) is 2.44. The first-order valence-corrected chi connectivity index (χ1v) is 11.5. The summed E-state index contributed by atoms with van der Waals surface area (Å²) in [5.41, 5.74) is 1.21. The lowest BCUT2D eigenvalue weighted by Crippen LogP contribution is -2.52. The molecule has 0 spiro atoms. The van der Waals surface area contributed by atoms with Crippen LogP contribution in [0.2, 0.25) is 5.02 Å². The maximum Gasteiger partial charge on any atom is 0.193 e. The van der Waals surface area contributed by atoms with E-state index in [0.29, 0.717) is 0 Å². The summed E-state index contributed by atoms with van der Waals surface area (Å²) in [5, 5.41) is 4.37. The van der Waals surface area contributed by atoms with Crippen LogP contribution >= 0.6 is 35.6 Å². The molecule has 8 heteroatoms. The van der Waals surface area contributed by atoms with Crippen molar-refractivity contribution in [1.29, 1.82) is 0 Å². The third-order valence-electron chi connectivity index (χ3n) is 6.06.